The summed E-state index contributed by atoms with van der Waals surface area (Å²) in [6.07, 6.45) is 1.83. The van der Waals surface area contributed by atoms with Crippen LogP contribution >= 0.6 is 0 Å². The van der Waals surface area contributed by atoms with Crippen LogP contribution in [0.25, 0.3) is 5.65 Å². The highest BCUT2D eigenvalue weighted by molar-refractivity contribution is 5.50. The van der Waals surface area contributed by atoms with Gasteiger partial charge < -0.3 is 10.5 Å². The number of nitrogen functional groups attached to an aromatic ring is 1. The first-order chi connectivity index (χ1) is 8.31. The average Bonchev–Trinajstić information content (AvgIpc) is 2.71. The van der Waals surface area contributed by atoms with Crippen LogP contribution in [-0.2, 0) is 11.3 Å². The van der Waals surface area contributed by atoms with Crippen LogP contribution in [0.4, 0.5) is 5.69 Å². The fourth-order valence-electron chi connectivity index (χ4n) is 1.97. The minimum Gasteiger partial charge on any atom is -0.399 e. The zero-order valence-corrected chi connectivity index (χ0v) is 9.54. The third kappa shape index (κ3) is 2.22. The highest BCUT2D eigenvalue weighted by atomic mass is 16.5. The van der Waals surface area contributed by atoms with Crippen molar-refractivity contribution in [2.75, 3.05) is 32.0 Å². The van der Waals surface area contributed by atoms with Gasteiger partial charge in [-0.1, -0.05) is 0 Å². The Morgan fingerprint density at radius 3 is 3.00 bits per heavy atom. The lowest BCUT2D eigenvalue weighted by molar-refractivity contribution is 0.0331. The predicted octanol–water partition coefficient (Wildman–Crippen LogP) is 0.144. The van der Waals surface area contributed by atoms with Crippen LogP contribution in [-0.4, -0.2) is 45.8 Å². The summed E-state index contributed by atoms with van der Waals surface area (Å²) in [4.78, 5) is 6.75. The van der Waals surface area contributed by atoms with E-state index < -0.39 is 0 Å². The van der Waals surface area contributed by atoms with Crippen molar-refractivity contribution in [2.45, 2.75) is 6.54 Å². The molecule has 0 bridgehead atoms. The molecule has 1 aliphatic rings. The Bertz CT molecular complexity index is 518. The first-order valence-electron chi connectivity index (χ1n) is 5.72. The number of fused-ring (bicyclic) bond motifs is 1. The van der Waals surface area contributed by atoms with Gasteiger partial charge >= 0.3 is 0 Å². The van der Waals surface area contributed by atoms with Crippen LogP contribution in [0.15, 0.2) is 18.3 Å². The molecule has 6 heteroatoms. The van der Waals surface area contributed by atoms with E-state index >= 15 is 0 Å². The summed E-state index contributed by atoms with van der Waals surface area (Å²) in [6.45, 7) is 4.24. The van der Waals surface area contributed by atoms with E-state index in [0.717, 1.165) is 44.3 Å². The molecule has 0 aliphatic carbocycles. The standard InChI is InChI=1S/C11H15N5O/c12-9-1-2-16-11(7-9)13-10(14-16)8-15-3-5-17-6-4-15/h1-2,7H,3-6,8,12H2. The Kier molecular flexibility index (Phi) is 2.66. The fourth-order valence-corrected chi connectivity index (χ4v) is 1.97. The van der Waals surface area contributed by atoms with Crippen LogP contribution < -0.4 is 5.73 Å². The predicted molar refractivity (Wildman–Crippen MR) is 63.5 cm³/mol. The molecule has 0 unspecified atom stereocenters. The molecule has 0 amide bonds. The number of nitrogens with zero attached hydrogens (tertiary/aromatic N) is 4. The minimum atomic E-state index is 0.711. The van der Waals surface area contributed by atoms with Gasteiger partial charge in [0.25, 0.3) is 0 Å². The van der Waals surface area contributed by atoms with Gasteiger partial charge in [0.15, 0.2) is 11.5 Å². The van der Waals surface area contributed by atoms with E-state index in [1.807, 2.05) is 18.3 Å². The molecule has 3 rings (SSSR count). The summed E-state index contributed by atoms with van der Waals surface area (Å²) in [6, 6.07) is 3.65. The molecule has 2 N–H and O–H groups in total. The van der Waals surface area contributed by atoms with E-state index in [9.17, 15) is 0 Å². The molecule has 1 aliphatic heterocycles. The van der Waals surface area contributed by atoms with Gasteiger partial charge in [-0.15, -0.1) is 5.10 Å². The molecule has 2 aromatic rings. The van der Waals surface area contributed by atoms with Crippen molar-refractivity contribution in [2.24, 2.45) is 0 Å². The quantitative estimate of drug-likeness (QED) is 0.799. The van der Waals surface area contributed by atoms with E-state index in [4.69, 9.17) is 10.5 Å². The first kappa shape index (κ1) is 10.5. The molecule has 1 fully saturated rings. The maximum absolute atomic E-state index is 5.71. The molecule has 0 radical (unpaired) electrons. The molecule has 1 saturated heterocycles. The van der Waals surface area contributed by atoms with Gasteiger partial charge in [0.05, 0.1) is 19.8 Å². The van der Waals surface area contributed by atoms with Crippen molar-refractivity contribution in [1.29, 1.82) is 0 Å². The van der Waals surface area contributed by atoms with Gasteiger partial charge in [-0.25, -0.2) is 9.50 Å². The van der Waals surface area contributed by atoms with Crippen molar-refractivity contribution in [3.8, 4) is 0 Å². The number of anilines is 1. The van der Waals surface area contributed by atoms with Gasteiger partial charge in [0.1, 0.15) is 0 Å². The van der Waals surface area contributed by atoms with E-state index in [1.54, 1.807) is 4.52 Å². The zero-order valence-electron chi connectivity index (χ0n) is 9.54. The summed E-state index contributed by atoms with van der Waals surface area (Å²) in [5.74, 6) is 0.831. The van der Waals surface area contributed by atoms with Crippen molar-refractivity contribution < 1.29 is 4.74 Å². The monoisotopic (exact) mass is 233 g/mol. The summed E-state index contributed by atoms with van der Waals surface area (Å²) in [7, 11) is 0. The maximum Gasteiger partial charge on any atom is 0.165 e. The third-order valence-corrected chi connectivity index (χ3v) is 2.87. The Morgan fingerprint density at radius 1 is 1.35 bits per heavy atom. The number of hydrogen-bond donors (Lipinski definition) is 1. The van der Waals surface area contributed by atoms with E-state index in [-0.39, 0.29) is 0 Å². The van der Waals surface area contributed by atoms with Crippen molar-refractivity contribution >= 4 is 11.3 Å². The van der Waals surface area contributed by atoms with Gasteiger partial charge in [-0.2, -0.15) is 0 Å². The van der Waals surface area contributed by atoms with Crippen molar-refractivity contribution in [1.82, 2.24) is 19.5 Å². The molecular weight excluding hydrogens is 218 g/mol. The number of morpholine rings is 1. The topological polar surface area (TPSA) is 68.7 Å². The third-order valence-electron chi connectivity index (χ3n) is 2.87. The smallest absolute Gasteiger partial charge is 0.165 e. The Hall–Kier alpha value is -1.66. The minimum absolute atomic E-state index is 0.711. The summed E-state index contributed by atoms with van der Waals surface area (Å²) < 4.78 is 7.06. The fraction of sp³-hybridized carbons (Fsp3) is 0.455. The lowest BCUT2D eigenvalue weighted by Crippen LogP contribution is -2.35. The summed E-state index contributed by atoms with van der Waals surface area (Å²) >= 11 is 0. The summed E-state index contributed by atoms with van der Waals surface area (Å²) in [5, 5.41) is 4.42. The highest BCUT2D eigenvalue weighted by Crippen LogP contribution is 2.09. The number of nitrogens with two attached hydrogens (primary N) is 1. The normalized spacial score (nSPS) is 17.6. The molecular formula is C11H15N5O. The van der Waals surface area contributed by atoms with Crippen LogP contribution in [0.3, 0.4) is 0 Å². The molecule has 17 heavy (non-hydrogen) atoms. The molecule has 0 spiro atoms. The zero-order chi connectivity index (χ0) is 11.7. The van der Waals surface area contributed by atoms with Crippen molar-refractivity contribution in [3.05, 3.63) is 24.2 Å². The first-order valence-corrected chi connectivity index (χ1v) is 5.72. The van der Waals surface area contributed by atoms with Gasteiger partial charge in [0, 0.05) is 31.0 Å². The average molecular weight is 233 g/mol. The van der Waals surface area contributed by atoms with Crippen molar-refractivity contribution in [3.63, 3.8) is 0 Å². The number of aromatic nitrogens is 3. The molecule has 3 heterocycles. The maximum atomic E-state index is 5.71. The Labute approximate surface area is 99.0 Å². The number of rotatable bonds is 2. The van der Waals surface area contributed by atoms with E-state index in [1.165, 1.54) is 0 Å². The summed E-state index contributed by atoms with van der Waals surface area (Å²) in [5.41, 5.74) is 7.22. The number of pyridine rings is 1. The molecule has 6 nitrogen and oxygen atoms in total. The van der Waals surface area contributed by atoms with E-state index in [2.05, 4.69) is 15.0 Å². The highest BCUT2D eigenvalue weighted by Gasteiger charge is 2.13. The molecule has 0 atom stereocenters. The van der Waals surface area contributed by atoms with Crippen LogP contribution in [0, 0.1) is 0 Å². The van der Waals surface area contributed by atoms with Gasteiger partial charge in [0.2, 0.25) is 0 Å². The second-order valence-corrected chi connectivity index (χ2v) is 4.18. The lowest BCUT2D eigenvalue weighted by atomic mass is 10.4. The van der Waals surface area contributed by atoms with E-state index in [0.29, 0.717) is 5.69 Å². The van der Waals surface area contributed by atoms with Crippen LogP contribution in [0.2, 0.25) is 0 Å². The van der Waals surface area contributed by atoms with Gasteiger partial charge in [-0.3, -0.25) is 4.90 Å². The lowest BCUT2D eigenvalue weighted by Gasteiger charge is -2.25. The second-order valence-electron chi connectivity index (χ2n) is 4.18. The second kappa shape index (κ2) is 4.31. The molecule has 2 aromatic heterocycles. The number of ether oxygens (including phenoxy) is 1. The molecule has 0 aromatic carbocycles. The SMILES string of the molecule is Nc1ccn2nc(CN3CCOCC3)nc2c1. The largest absolute Gasteiger partial charge is 0.399 e. The Morgan fingerprint density at radius 2 is 2.18 bits per heavy atom. The Balaban J connectivity index is 1.80. The molecule has 0 saturated carbocycles. The van der Waals surface area contributed by atoms with Gasteiger partial charge in [-0.05, 0) is 6.07 Å². The number of hydrogen-bond acceptors (Lipinski definition) is 5. The van der Waals surface area contributed by atoms with Crippen LogP contribution in [0.1, 0.15) is 5.82 Å². The van der Waals surface area contributed by atoms with Crippen LogP contribution in [0.5, 0.6) is 0 Å². The molecule has 90 valence electrons.